The molecule has 6 nitrogen and oxygen atoms in total. The Kier molecular flexibility index (Phi) is 3.13. The van der Waals surface area contributed by atoms with Crippen LogP contribution in [0.2, 0.25) is 0 Å². The number of nitrogens with one attached hydrogen (secondary N) is 1. The molecule has 0 amide bonds. The van der Waals surface area contributed by atoms with Crippen LogP contribution in [-0.2, 0) is 10.0 Å². The van der Waals surface area contributed by atoms with Gasteiger partial charge >= 0.3 is 0 Å². The van der Waals surface area contributed by atoms with Gasteiger partial charge in [-0.3, -0.25) is 4.72 Å². The predicted octanol–water partition coefficient (Wildman–Crippen LogP) is 1.61. The van der Waals surface area contributed by atoms with Crippen LogP contribution in [0.3, 0.4) is 0 Å². The van der Waals surface area contributed by atoms with Crippen LogP contribution in [-0.4, -0.2) is 24.0 Å². The van der Waals surface area contributed by atoms with Crippen molar-refractivity contribution in [3.05, 3.63) is 36.5 Å². The molecule has 1 aliphatic rings. The summed E-state index contributed by atoms with van der Waals surface area (Å²) in [5.41, 5.74) is 7.05. The molecule has 1 fully saturated rings. The van der Waals surface area contributed by atoms with Gasteiger partial charge in [0.25, 0.3) is 0 Å². The number of benzene rings is 1. The number of rotatable bonds is 5. The molecule has 0 unspecified atom stereocenters. The van der Waals surface area contributed by atoms with E-state index in [0.717, 1.165) is 18.5 Å². The minimum Gasteiger partial charge on any atom is -0.399 e. The zero-order valence-electron chi connectivity index (χ0n) is 10.9. The van der Waals surface area contributed by atoms with Crippen molar-refractivity contribution >= 4 is 21.5 Å². The van der Waals surface area contributed by atoms with Gasteiger partial charge in [0.15, 0.2) is 0 Å². The molecule has 0 radical (unpaired) electrons. The molecule has 106 valence electrons. The molecule has 2 aromatic rings. The van der Waals surface area contributed by atoms with E-state index in [2.05, 4.69) is 9.82 Å². The first-order valence-corrected chi connectivity index (χ1v) is 8.09. The molecule has 0 spiro atoms. The van der Waals surface area contributed by atoms with Crippen molar-refractivity contribution in [3.8, 4) is 5.69 Å². The van der Waals surface area contributed by atoms with Crippen LogP contribution in [0, 0.1) is 5.92 Å². The Balaban J connectivity index is 1.84. The summed E-state index contributed by atoms with van der Waals surface area (Å²) in [6, 6.07) is 8.72. The van der Waals surface area contributed by atoms with Crippen LogP contribution in [0.25, 0.3) is 5.69 Å². The summed E-state index contributed by atoms with van der Waals surface area (Å²) < 4.78 is 28.2. The number of aromatic nitrogens is 2. The smallest absolute Gasteiger partial charge is 0.234 e. The normalized spacial score (nSPS) is 15.2. The first-order chi connectivity index (χ1) is 9.53. The van der Waals surface area contributed by atoms with Crippen molar-refractivity contribution in [3.63, 3.8) is 0 Å². The highest BCUT2D eigenvalue weighted by atomic mass is 32.2. The molecule has 1 aromatic carbocycles. The molecule has 20 heavy (non-hydrogen) atoms. The summed E-state index contributed by atoms with van der Waals surface area (Å²) in [5, 5.41) is 4.14. The van der Waals surface area contributed by atoms with Gasteiger partial charge in [0.2, 0.25) is 10.0 Å². The molecule has 3 rings (SSSR count). The average Bonchev–Trinajstić information content (AvgIpc) is 3.06. The molecule has 1 saturated carbocycles. The van der Waals surface area contributed by atoms with E-state index in [0.29, 0.717) is 17.4 Å². The van der Waals surface area contributed by atoms with Crippen LogP contribution < -0.4 is 10.5 Å². The second kappa shape index (κ2) is 4.82. The second-order valence-corrected chi connectivity index (χ2v) is 6.81. The number of nitrogens with zero attached hydrogens (tertiary/aromatic N) is 2. The average molecular weight is 292 g/mol. The summed E-state index contributed by atoms with van der Waals surface area (Å²) >= 11 is 0. The van der Waals surface area contributed by atoms with Crippen LogP contribution in [0.15, 0.2) is 36.5 Å². The molecular weight excluding hydrogens is 276 g/mol. The summed E-state index contributed by atoms with van der Waals surface area (Å²) in [6.07, 6.45) is 3.56. The molecule has 7 heteroatoms. The fourth-order valence-corrected chi connectivity index (χ4v) is 3.51. The summed E-state index contributed by atoms with van der Waals surface area (Å²) in [7, 11) is -3.32. The first kappa shape index (κ1) is 13.0. The van der Waals surface area contributed by atoms with Crippen molar-refractivity contribution in [2.45, 2.75) is 12.8 Å². The molecule has 1 aliphatic carbocycles. The lowest BCUT2D eigenvalue weighted by Crippen LogP contribution is -2.19. The van der Waals surface area contributed by atoms with Crippen LogP contribution in [0.4, 0.5) is 11.5 Å². The Morgan fingerprint density at radius 3 is 2.60 bits per heavy atom. The molecule has 1 aromatic heterocycles. The number of anilines is 2. The predicted molar refractivity (Wildman–Crippen MR) is 78.1 cm³/mol. The van der Waals surface area contributed by atoms with Gasteiger partial charge in [-0.25, -0.2) is 13.1 Å². The summed E-state index contributed by atoms with van der Waals surface area (Å²) in [5.74, 6) is 0.927. The second-order valence-electron chi connectivity index (χ2n) is 5.05. The molecule has 0 atom stereocenters. The van der Waals surface area contributed by atoms with Gasteiger partial charge in [-0.15, -0.1) is 0 Å². The van der Waals surface area contributed by atoms with E-state index in [-0.39, 0.29) is 5.75 Å². The third-order valence-electron chi connectivity index (χ3n) is 3.19. The van der Waals surface area contributed by atoms with Gasteiger partial charge in [0, 0.05) is 11.8 Å². The first-order valence-electron chi connectivity index (χ1n) is 6.44. The molecular formula is C13H16N4O2S. The summed E-state index contributed by atoms with van der Waals surface area (Å²) in [6.45, 7) is 0. The van der Waals surface area contributed by atoms with Crippen LogP contribution >= 0.6 is 0 Å². The molecule has 3 N–H and O–H groups in total. The number of hydrogen-bond donors (Lipinski definition) is 2. The van der Waals surface area contributed by atoms with Crippen molar-refractivity contribution in [2.75, 3.05) is 16.2 Å². The zero-order chi connectivity index (χ0) is 14.2. The number of nitrogen functional groups attached to an aromatic ring is 1. The number of nitrogens with two attached hydrogens (primary N) is 1. The van der Waals surface area contributed by atoms with Gasteiger partial charge in [0.05, 0.1) is 17.6 Å². The maximum Gasteiger partial charge on any atom is 0.234 e. The summed E-state index contributed by atoms with van der Waals surface area (Å²) in [4.78, 5) is 0. The Bertz CT molecular complexity index is 702. The monoisotopic (exact) mass is 292 g/mol. The van der Waals surface area contributed by atoms with Gasteiger partial charge in [0.1, 0.15) is 5.82 Å². The van der Waals surface area contributed by atoms with E-state index < -0.39 is 10.0 Å². The van der Waals surface area contributed by atoms with E-state index in [1.165, 1.54) is 0 Å². The molecule has 0 bridgehead atoms. The van der Waals surface area contributed by atoms with Crippen LogP contribution in [0.5, 0.6) is 0 Å². The Morgan fingerprint density at radius 1 is 1.25 bits per heavy atom. The van der Waals surface area contributed by atoms with E-state index in [9.17, 15) is 8.42 Å². The highest BCUT2D eigenvalue weighted by Crippen LogP contribution is 2.30. The lowest BCUT2D eigenvalue weighted by atomic mass is 10.3. The topological polar surface area (TPSA) is 90.0 Å². The van der Waals surface area contributed by atoms with Gasteiger partial charge < -0.3 is 5.73 Å². The third-order valence-corrected chi connectivity index (χ3v) is 4.62. The van der Waals surface area contributed by atoms with Crippen molar-refractivity contribution in [2.24, 2.45) is 5.92 Å². The van der Waals surface area contributed by atoms with Gasteiger partial charge in [-0.1, -0.05) is 0 Å². The minimum atomic E-state index is -3.32. The molecule has 1 heterocycles. The fraction of sp³-hybridized carbons (Fsp3) is 0.308. The quantitative estimate of drug-likeness (QED) is 0.819. The molecule has 0 aliphatic heterocycles. The highest BCUT2D eigenvalue weighted by molar-refractivity contribution is 7.92. The Labute approximate surface area is 117 Å². The minimum absolute atomic E-state index is 0.180. The SMILES string of the molecule is Nc1ccc(-n2nccc2NS(=O)(=O)CC2CC2)cc1. The zero-order valence-corrected chi connectivity index (χ0v) is 11.7. The van der Waals surface area contributed by atoms with E-state index in [1.54, 1.807) is 41.2 Å². The Hall–Kier alpha value is -2.02. The van der Waals surface area contributed by atoms with E-state index in [4.69, 9.17) is 5.73 Å². The standard InChI is InChI=1S/C13H16N4O2S/c14-11-3-5-12(6-4-11)17-13(7-8-15-17)16-20(18,19)9-10-1-2-10/h3-8,10,16H,1-2,9,14H2. The number of sulfonamides is 1. The van der Waals surface area contributed by atoms with Crippen molar-refractivity contribution in [1.82, 2.24) is 9.78 Å². The van der Waals surface area contributed by atoms with Crippen molar-refractivity contribution in [1.29, 1.82) is 0 Å². The lowest BCUT2D eigenvalue weighted by molar-refractivity contribution is 0.597. The van der Waals surface area contributed by atoms with Gasteiger partial charge in [-0.2, -0.15) is 5.10 Å². The van der Waals surface area contributed by atoms with E-state index >= 15 is 0 Å². The van der Waals surface area contributed by atoms with Gasteiger partial charge in [-0.05, 0) is 43.0 Å². The molecule has 0 saturated heterocycles. The van der Waals surface area contributed by atoms with Crippen molar-refractivity contribution < 1.29 is 8.42 Å². The maximum atomic E-state index is 12.0. The Morgan fingerprint density at radius 2 is 1.95 bits per heavy atom. The maximum absolute atomic E-state index is 12.0. The lowest BCUT2D eigenvalue weighted by Gasteiger charge is -2.10. The van der Waals surface area contributed by atoms with E-state index in [1.807, 2.05) is 0 Å². The fourth-order valence-electron chi connectivity index (χ4n) is 2.00. The van der Waals surface area contributed by atoms with Crippen LogP contribution in [0.1, 0.15) is 12.8 Å². The largest absolute Gasteiger partial charge is 0.399 e. The highest BCUT2D eigenvalue weighted by Gasteiger charge is 2.28. The third kappa shape index (κ3) is 2.93. The number of hydrogen-bond acceptors (Lipinski definition) is 4.